The van der Waals surface area contributed by atoms with Crippen LogP contribution in [0.3, 0.4) is 0 Å². The van der Waals surface area contributed by atoms with Crippen LogP contribution in [0.2, 0.25) is 0 Å². The number of rotatable bonds is 4. The predicted octanol–water partition coefficient (Wildman–Crippen LogP) is 3.01. The second-order valence-electron chi connectivity index (χ2n) is 4.95. The van der Waals surface area contributed by atoms with Crippen molar-refractivity contribution in [3.8, 4) is 11.8 Å². The number of hydrogen-bond donors (Lipinski definition) is 1. The van der Waals surface area contributed by atoms with Crippen molar-refractivity contribution in [3.05, 3.63) is 77.1 Å². The number of nitrogens with zero attached hydrogens (tertiary/aromatic N) is 4. The molecule has 0 aliphatic heterocycles. The van der Waals surface area contributed by atoms with Crippen molar-refractivity contribution >= 4 is 18.1 Å². The molecule has 1 N–H and O–H groups in total. The number of carboxylic acid groups (broad SMARTS) is 1. The zero-order valence-corrected chi connectivity index (χ0v) is 12.5. The van der Waals surface area contributed by atoms with Gasteiger partial charge < -0.3 is 5.11 Å². The summed E-state index contributed by atoms with van der Waals surface area (Å²) < 4.78 is 1.45. The third-order valence-corrected chi connectivity index (χ3v) is 3.38. The molecule has 0 atom stereocenters. The number of carbonyl (C=O) groups is 1. The second kappa shape index (κ2) is 6.58. The molecule has 0 radical (unpaired) electrons. The van der Waals surface area contributed by atoms with Crippen molar-refractivity contribution in [2.45, 2.75) is 0 Å². The van der Waals surface area contributed by atoms with Crippen LogP contribution in [0.4, 0.5) is 0 Å². The van der Waals surface area contributed by atoms with Gasteiger partial charge in [-0.05, 0) is 29.8 Å². The van der Waals surface area contributed by atoms with E-state index in [1.807, 2.05) is 42.5 Å². The molecule has 0 amide bonds. The zero-order chi connectivity index (χ0) is 16.9. The highest BCUT2D eigenvalue weighted by molar-refractivity contribution is 5.88. The summed E-state index contributed by atoms with van der Waals surface area (Å²) in [5, 5.41) is 26.2. The summed E-state index contributed by atoms with van der Waals surface area (Å²) in [6, 6.07) is 17.9. The van der Waals surface area contributed by atoms with Gasteiger partial charge in [0.1, 0.15) is 11.8 Å². The SMILES string of the molecule is N#Cc1nnn(-c2cccc(C(=O)O)c2)c1/C=C/c1ccccc1. The molecule has 3 rings (SSSR count). The minimum atomic E-state index is -1.03. The van der Waals surface area contributed by atoms with E-state index in [-0.39, 0.29) is 11.3 Å². The molecule has 6 nitrogen and oxygen atoms in total. The highest BCUT2D eigenvalue weighted by Crippen LogP contribution is 2.17. The van der Waals surface area contributed by atoms with Gasteiger partial charge in [0.15, 0.2) is 5.69 Å². The minimum Gasteiger partial charge on any atom is -0.478 e. The first-order valence-corrected chi connectivity index (χ1v) is 7.11. The van der Waals surface area contributed by atoms with E-state index in [0.29, 0.717) is 11.4 Å². The van der Waals surface area contributed by atoms with Gasteiger partial charge in [0.05, 0.1) is 11.3 Å². The molecule has 0 saturated carbocycles. The van der Waals surface area contributed by atoms with Crippen molar-refractivity contribution in [1.82, 2.24) is 15.0 Å². The fraction of sp³-hybridized carbons (Fsp3) is 0. The van der Waals surface area contributed by atoms with E-state index in [1.165, 1.54) is 16.8 Å². The van der Waals surface area contributed by atoms with Crippen molar-refractivity contribution in [2.75, 3.05) is 0 Å². The Morgan fingerprint density at radius 3 is 2.62 bits per heavy atom. The standard InChI is InChI=1S/C18H12N4O2/c19-12-16-17(10-9-13-5-2-1-3-6-13)22(21-20-16)15-8-4-7-14(11-15)18(23)24/h1-11H,(H,23,24)/b10-9+. The van der Waals surface area contributed by atoms with Crippen LogP contribution in [-0.2, 0) is 0 Å². The Morgan fingerprint density at radius 1 is 1.12 bits per heavy atom. The highest BCUT2D eigenvalue weighted by Gasteiger charge is 2.13. The molecule has 0 unspecified atom stereocenters. The smallest absolute Gasteiger partial charge is 0.335 e. The monoisotopic (exact) mass is 316 g/mol. The normalized spacial score (nSPS) is 10.6. The van der Waals surface area contributed by atoms with Gasteiger partial charge in [-0.25, -0.2) is 9.48 Å². The van der Waals surface area contributed by atoms with E-state index < -0.39 is 5.97 Å². The Labute approximate surface area is 137 Å². The van der Waals surface area contributed by atoms with Crippen LogP contribution >= 0.6 is 0 Å². The number of aromatic carboxylic acids is 1. The maximum Gasteiger partial charge on any atom is 0.335 e. The molecule has 1 heterocycles. The molecule has 0 aliphatic rings. The van der Waals surface area contributed by atoms with Gasteiger partial charge in [0.25, 0.3) is 0 Å². The lowest BCUT2D eigenvalue weighted by Gasteiger charge is -2.04. The van der Waals surface area contributed by atoms with Crippen LogP contribution in [0.15, 0.2) is 54.6 Å². The topological polar surface area (TPSA) is 91.8 Å². The van der Waals surface area contributed by atoms with Gasteiger partial charge in [-0.3, -0.25) is 0 Å². The Kier molecular flexibility index (Phi) is 4.17. The summed E-state index contributed by atoms with van der Waals surface area (Å²) >= 11 is 0. The summed E-state index contributed by atoms with van der Waals surface area (Å²) in [4.78, 5) is 11.1. The average molecular weight is 316 g/mol. The number of carboxylic acids is 1. The molecule has 116 valence electrons. The van der Waals surface area contributed by atoms with Crippen molar-refractivity contribution in [1.29, 1.82) is 5.26 Å². The lowest BCUT2D eigenvalue weighted by Crippen LogP contribution is -2.03. The molecule has 0 bridgehead atoms. The molecule has 0 saturated heterocycles. The highest BCUT2D eigenvalue weighted by atomic mass is 16.4. The second-order valence-corrected chi connectivity index (χ2v) is 4.95. The molecule has 24 heavy (non-hydrogen) atoms. The lowest BCUT2D eigenvalue weighted by molar-refractivity contribution is 0.0697. The van der Waals surface area contributed by atoms with E-state index in [1.54, 1.807) is 18.2 Å². The van der Waals surface area contributed by atoms with Crippen LogP contribution in [0.5, 0.6) is 0 Å². The Hall–Kier alpha value is -3.72. The Balaban J connectivity index is 2.06. The maximum atomic E-state index is 11.1. The van der Waals surface area contributed by atoms with E-state index in [0.717, 1.165) is 5.56 Å². The molecular formula is C18H12N4O2. The number of hydrogen-bond acceptors (Lipinski definition) is 4. The molecular weight excluding hydrogens is 304 g/mol. The summed E-state index contributed by atoms with van der Waals surface area (Å²) in [5.41, 5.74) is 2.29. The van der Waals surface area contributed by atoms with Crippen LogP contribution < -0.4 is 0 Å². The van der Waals surface area contributed by atoms with Gasteiger partial charge in [0.2, 0.25) is 0 Å². The molecule has 0 spiro atoms. The molecule has 0 aliphatic carbocycles. The van der Waals surface area contributed by atoms with Gasteiger partial charge >= 0.3 is 5.97 Å². The summed E-state index contributed by atoms with van der Waals surface area (Å²) in [5.74, 6) is -1.03. The van der Waals surface area contributed by atoms with Crippen LogP contribution in [0.1, 0.15) is 27.3 Å². The van der Waals surface area contributed by atoms with Crippen molar-refractivity contribution in [3.63, 3.8) is 0 Å². The fourth-order valence-electron chi connectivity index (χ4n) is 2.22. The predicted molar refractivity (Wildman–Crippen MR) is 88.4 cm³/mol. The first-order chi connectivity index (χ1) is 11.7. The maximum absolute atomic E-state index is 11.1. The first-order valence-electron chi connectivity index (χ1n) is 7.11. The molecule has 2 aromatic carbocycles. The number of nitriles is 1. The third-order valence-electron chi connectivity index (χ3n) is 3.38. The van der Waals surface area contributed by atoms with E-state index in [9.17, 15) is 10.1 Å². The van der Waals surface area contributed by atoms with Crippen LogP contribution in [0.25, 0.3) is 17.8 Å². The van der Waals surface area contributed by atoms with Gasteiger partial charge in [-0.1, -0.05) is 47.7 Å². The summed E-state index contributed by atoms with van der Waals surface area (Å²) in [7, 11) is 0. The minimum absolute atomic E-state index is 0.138. The average Bonchev–Trinajstić information content (AvgIpc) is 3.04. The Bertz CT molecular complexity index is 953. The van der Waals surface area contributed by atoms with Gasteiger partial charge in [-0.15, -0.1) is 5.10 Å². The first kappa shape index (κ1) is 15.2. The van der Waals surface area contributed by atoms with Gasteiger partial charge in [-0.2, -0.15) is 5.26 Å². The third kappa shape index (κ3) is 3.05. The number of aromatic nitrogens is 3. The lowest BCUT2D eigenvalue weighted by atomic mass is 10.1. The van der Waals surface area contributed by atoms with E-state index in [2.05, 4.69) is 10.3 Å². The zero-order valence-electron chi connectivity index (χ0n) is 12.5. The van der Waals surface area contributed by atoms with E-state index in [4.69, 9.17) is 5.11 Å². The summed E-state index contributed by atoms with van der Waals surface area (Å²) in [6.07, 6.45) is 3.58. The number of benzene rings is 2. The Morgan fingerprint density at radius 2 is 1.92 bits per heavy atom. The largest absolute Gasteiger partial charge is 0.478 e. The molecule has 6 heteroatoms. The molecule has 3 aromatic rings. The molecule has 1 aromatic heterocycles. The molecule has 0 fully saturated rings. The van der Waals surface area contributed by atoms with Crippen molar-refractivity contribution in [2.24, 2.45) is 0 Å². The van der Waals surface area contributed by atoms with Crippen LogP contribution in [0, 0.1) is 11.3 Å². The summed E-state index contributed by atoms with van der Waals surface area (Å²) in [6.45, 7) is 0. The fourth-order valence-corrected chi connectivity index (χ4v) is 2.22. The van der Waals surface area contributed by atoms with Crippen LogP contribution in [-0.4, -0.2) is 26.1 Å². The van der Waals surface area contributed by atoms with E-state index >= 15 is 0 Å². The van der Waals surface area contributed by atoms with Gasteiger partial charge in [0, 0.05) is 0 Å². The van der Waals surface area contributed by atoms with Crippen molar-refractivity contribution < 1.29 is 9.90 Å². The quantitative estimate of drug-likeness (QED) is 0.798.